The van der Waals surface area contributed by atoms with Crippen LogP contribution in [0.4, 0.5) is 0 Å². The second-order valence-corrected chi connectivity index (χ2v) is 3.54. The number of hydrogen-bond donors (Lipinski definition) is 2. The fourth-order valence-corrected chi connectivity index (χ4v) is 1.47. The Kier molecular flexibility index (Phi) is 2.92. The minimum Gasteiger partial charge on any atom is -0.422 e. The Hall–Kier alpha value is -1.81. The van der Waals surface area contributed by atoms with Crippen molar-refractivity contribution >= 4 is 16.9 Å². The van der Waals surface area contributed by atoms with E-state index < -0.39 is 12.1 Å². The maximum atomic E-state index is 11.4. The maximum absolute atomic E-state index is 11.4. The molecule has 0 aliphatic carbocycles. The highest BCUT2D eigenvalue weighted by molar-refractivity contribution is 5.89. The fraction of sp³-hybridized carbons (Fsp3) is 0.250. The van der Waals surface area contributed by atoms with Crippen LogP contribution in [0.15, 0.2) is 30.5 Å². The zero-order valence-electron chi connectivity index (χ0n) is 8.93. The summed E-state index contributed by atoms with van der Waals surface area (Å²) in [5, 5.41) is 10.1. The number of fused-ring (bicyclic) bond motifs is 1. The van der Waals surface area contributed by atoms with Gasteiger partial charge in [0.1, 0.15) is 0 Å². The van der Waals surface area contributed by atoms with E-state index in [-0.39, 0.29) is 0 Å². The number of ether oxygens (including phenoxy) is 1. The number of esters is 1. The minimum absolute atomic E-state index is 0.348. The van der Waals surface area contributed by atoms with Gasteiger partial charge in [0.25, 0.3) is 0 Å². The summed E-state index contributed by atoms with van der Waals surface area (Å²) in [6.07, 6.45) is 0.903. The molecule has 1 atom stereocenters. The van der Waals surface area contributed by atoms with Gasteiger partial charge in [0.2, 0.25) is 0 Å². The van der Waals surface area contributed by atoms with Gasteiger partial charge in [-0.2, -0.15) is 0 Å². The molecule has 4 heteroatoms. The van der Waals surface area contributed by atoms with E-state index in [0.29, 0.717) is 12.2 Å². The van der Waals surface area contributed by atoms with Crippen LogP contribution in [-0.4, -0.2) is 22.2 Å². The van der Waals surface area contributed by atoms with E-state index in [0.717, 1.165) is 10.9 Å². The molecule has 0 saturated heterocycles. The highest BCUT2D eigenvalue weighted by Crippen LogP contribution is 2.25. The molecule has 16 heavy (non-hydrogen) atoms. The van der Waals surface area contributed by atoms with Crippen LogP contribution in [0.5, 0.6) is 5.75 Å². The molecule has 0 spiro atoms. The Morgan fingerprint density at radius 3 is 3.00 bits per heavy atom. The quantitative estimate of drug-likeness (QED) is 0.774. The lowest BCUT2D eigenvalue weighted by Gasteiger charge is -2.06. The molecule has 0 bridgehead atoms. The van der Waals surface area contributed by atoms with Crippen molar-refractivity contribution in [2.75, 3.05) is 0 Å². The average Bonchev–Trinajstić information content (AvgIpc) is 2.72. The summed E-state index contributed by atoms with van der Waals surface area (Å²) < 4.78 is 5.10. The summed E-state index contributed by atoms with van der Waals surface area (Å²) in [4.78, 5) is 14.4. The second-order valence-electron chi connectivity index (χ2n) is 3.54. The summed E-state index contributed by atoms with van der Waals surface area (Å²) in [5.41, 5.74) is 0.899. The summed E-state index contributed by atoms with van der Waals surface area (Å²) in [6.45, 7) is 1.72. The van der Waals surface area contributed by atoms with Crippen molar-refractivity contribution in [3.8, 4) is 5.75 Å². The van der Waals surface area contributed by atoms with E-state index in [4.69, 9.17) is 4.74 Å². The number of nitrogens with one attached hydrogen (secondary N) is 1. The summed E-state index contributed by atoms with van der Waals surface area (Å²) in [6, 6.07) is 7.50. The molecule has 0 amide bonds. The summed E-state index contributed by atoms with van der Waals surface area (Å²) >= 11 is 0. The van der Waals surface area contributed by atoms with Crippen LogP contribution in [0.1, 0.15) is 13.3 Å². The number of aromatic nitrogens is 1. The van der Waals surface area contributed by atoms with Crippen LogP contribution in [0, 0.1) is 0 Å². The number of para-hydroxylation sites is 1. The predicted molar refractivity (Wildman–Crippen MR) is 60.2 cm³/mol. The summed E-state index contributed by atoms with van der Waals surface area (Å²) in [5.74, 6) is -0.166. The third kappa shape index (κ3) is 1.92. The van der Waals surface area contributed by atoms with Crippen molar-refractivity contribution < 1.29 is 14.6 Å². The van der Waals surface area contributed by atoms with Gasteiger partial charge in [-0.1, -0.05) is 19.1 Å². The highest BCUT2D eigenvalue weighted by atomic mass is 16.5. The van der Waals surface area contributed by atoms with Crippen molar-refractivity contribution in [1.29, 1.82) is 0 Å². The Labute approximate surface area is 92.9 Å². The van der Waals surface area contributed by atoms with Gasteiger partial charge in [-0.25, -0.2) is 4.79 Å². The normalized spacial score (nSPS) is 12.6. The molecular weight excluding hydrogens is 206 g/mol. The van der Waals surface area contributed by atoms with Gasteiger partial charge in [0.15, 0.2) is 11.9 Å². The smallest absolute Gasteiger partial charge is 0.340 e. The predicted octanol–water partition coefficient (Wildman–Crippen LogP) is 1.84. The molecule has 2 aromatic rings. The molecule has 4 nitrogen and oxygen atoms in total. The first-order chi connectivity index (χ1) is 7.72. The number of rotatable bonds is 3. The molecule has 0 saturated carbocycles. The fourth-order valence-electron chi connectivity index (χ4n) is 1.47. The van der Waals surface area contributed by atoms with Crippen molar-refractivity contribution in [3.05, 3.63) is 30.5 Å². The lowest BCUT2D eigenvalue weighted by atomic mass is 10.2. The van der Waals surface area contributed by atoms with Gasteiger partial charge in [0.05, 0.1) is 0 Å². The number of aliphatic hydroxyl groups excluding tert-OH is 1. The largest absolute Gasteiger partial charge is 0.422 e. The molecule has 0 aliphatic heterocycles. The molecule has 1 aromatic carbocycles. The van der Waals surface area contributed by atoms with E-state index in [1.807, 2.05) is 24.3 Å². The number of carbonyl (C=O) groups is 1. The molecule has 0 aliphatic rings. The van der Waals surface area contributed by atoms with Gasteiger partial charge in [-0.05, 0) is 18.6 Å². The van der Waals surface area contributed by atoms with Crippen molar-refractivity contribution in [2.24, 2.45) is 0 Å². The summed E-state index contributed by atoms with van der Waals surface area (Å²) in [7, 11) is 0. The molecule has 0 fully saturated rings. The first kappa shape index (κ1) is 10.7. The zero-order chi connectivity index (χ0) is 11.5. The van der Waals surface area contributed by atoms with Crippen LogP contribution >= 0.6 is 0 Å². The van der Waals surface area contributed by atoms with Crippen LogP contribution < -0.4 is 4.74 Å². The number of hydrogen-bond acceptors (Lipinski definition) is 3. The molecule has 2 N–H and O–H groups in total. The topological polar surface area (TPSA) is 62.3 Å². The number of carbonyl (C=O) groups excluding carboxylic acids is 1. The molecule has 84 valence electrons. The molecular formula is C12H13NO3. The Morgan fingerprint density at radius 2 is 2.25 bits per heavy atom. The van der Waals surface area contributed by atoms with Crippen LogP contribution in [0.2, 0.25) is 0 Å². The Bertz CT molecular complexity index is 504. The van der Waals surface area contributed by atoms with Gasteiger partial charge in [-0.15, -0.1) is 0 Å². The minimum atomic E-state index is -1.06. The van der Waals surface area contributed by atoms with E-state index in [9.17, 15) is 9.90 Å². The molecule has 1 heterocycles. The van der Waals surface area contributed by atoms with Crippen LogP contribution in [0.25, 0.3) is 10.9 Å². The van der Waals surface area contributed by atoms with Crippen molar-refractivity contribution in [2.45, 2.75) is 19.4 Å². The molecule has 0 radical (unpaired) electrons. The first-order valence-electron chi connectivity index (χ1n) is 5.18. The molecule has 2 rings (SSSR count). The third-order valence-electron chi connectivity index (χ3n) is 2.42. The molecule has 1 aromatic heterocycles. The van der Waals surface area contributed by atoms with E-state index >= 15 is 0 Å². The monoisotopic (exact) mass is 219 g/mol. The zero-order valence-corrected chi connectivity index (χ0v) is 8.93. The number of aliphatic hydroxyl groups is 1. The van der Waals surface area contributed by atoms with Crippen molar-refractivity contribution in [3.63, 3.8) is 0 Å². The van der Waals surface area contributed by atoms with E-state index in [2.05, 4.69) is 4.98 Å². The lowest BCUT2D eigenvalue weighted by molar-refractivity contribution is -0.143. The Balaban J connectivity index is 2.25. The van der Waals surface area contributed by atoms with Crippen LogP contribution in [0.3, 0.4) is 0 Å². The lowest BCUT2D eigenvalue weighted by Crippen LogP contribution is -2.24. The first-order valence-corrected chi connectivity index (χ1v) is 5.18. The Morgan fingerprint density at radius 1 is 1.50 bits per heavy atom. The van der Waals surface area contributed by atoms with Crippen molar-refractivity contribution in [1.82, 2.24) is 4.98 Å². The van der Waals surface area contributed by atoms with Gasteiger partial charge < -0.3 is 14.8 Å². The van der Waals surface area contributed by atoms with Gasteiger partial charge >= 0.3 is 5.97 Å². The number of H-pyrrole nitrogens is 1. The van der Waals surface area contributed by atoms with E-state index in [1.54, 1.807) is 13.1 Å². The average molecular weight is 219 g/mol. The third-order valence-corrected chi connectivity index (χ3v) is 2.42. The van der Waals surface area contributed by atoms with Gasteiger partial charge in [0, 0.05) is 17.1 Å². The number of benzene rings is 1. The van der Waals surface area contributed by atoms with E-state index in [1.165, 1.54) is 0 Å². The number of aromatic amines is 1. The SMILES string of the molecule is CC[C@H](O)C(=O)Oc1c[nH]c2ccccc12. The maximum Gasteiger partial charge on any atom is 0.340 e. The standard InChI is InChI=1S/C12H13NO3/c1-2-10(14)12(15)16-11-7-13-9-6-4-3-5-8(9)11/h3-7,10,13-14H,2H2,1H3/t10-/m0/s1. The second kappa shape index (κ2) is 4.37. The van der Waals surface area contributed by atoms with Gasteiger partial charge in [-0.3, -0.25) is 0 Å². The molecule has 0 unspecified atom stereocenters. The highest BCUT2D eigenvalue weighted by Gasteiger charge is 2.16. The van der Waals surface area contributed by atoms with Crippen LogP contribution in [-0.2, 0) is 4.79 Å².